The molecule has 1 aromatic heterocycles. The maximum Gasteiger partial charge on any atom is 0.131 e. The third-order valence-corrected chi connectivity index (χ3v) is 3.66. The lowest BCUT2D eigenvalue weighted by Crippen LogP contribution is -2.06. The zero-order valence-corrected chi connectivity index (χ0v) is 12.8. The third kappa shape index (κ3) is 2.72. The summed E-state index contributed by atoms with van der Waals surface area (Å²) >= 11 is 0. The molecule has 2 N–H and O–H groups in total. The van der Waals surface area contributed by atoms with Gasteiger partial charge in [-0.05, 0) is 24.8 Å². The Hall–Kier alpha value is -1.77. The molecule has 108 valence electrons. The summed E-state index contributed by atoms with van der Waals surface area (Å²) in [5.41, 5.74) is 9.82. The van der Waals surface area contributed by atoms with Crippen LogP contribution in [-0.4, -0.2) is 9.55 Å². The zero-order chi connectivity index (χ0) is 14.5. The van der Waals surface area contributed by atoms with Crippen LogP contribution in [0.2, 0.25) is 0 Å². The van der Waals surface area contributed by atoms with Crippen molar-refractivity contribution in [3.05, 3.63) is 35.7 Å². The van der Waals surface area contributed by atoms with Crippen molar-refractivity contribution in [1.82, 2.24) is 9.55 Å². The van der Waals surface area contributed by atoms with E-state index in [2.05, 4.69) is 49.6 Å². The first-order valence-electron chi connectivity index (χ1n) is 7.66. The molecule has 0 unspecified atom stereocenters. The summed E-state index contributed by atoms with van der Waals surface area (Å²) in [5.74, 6) is 1.93. The van der Waals surface area contributed by atoms with Gasteiger partial charge >= 0.3 is 0 Å². The third-order valence-electron chi connectivity index (χ3n) is 3.66. The fourth-order valence-corrected chi connectivity index (χ4v) is 2.66. The van der Waals surface area contributed by atoms with Gasteiger partial charge in [-0.2, -0.15) is 0 Å². The predicted molar refractivity (Wildman–Crippen MR) is 85.7 cm³/mol. The van der Waals surface area contributed by atoms with Crippen molar-refractivity contribution >= 4 is 5.82 Å². The molecule has 0 aliphatic rings. The lowest BCUT2D eigenvalue weighted by Gasteiger charge is -2.08. The van der Waals surface area contributed by atoms with Crippen LogP contribution in [0.3, 0.4) is 0 Å². The molecule has 0 aliphatic carbocycles. The second kappa shape index (κ2) is 6.60. The highest BCUT2D eigenvalue weighted by Gasteiger charge is 2.16. The molecule has 0 amide bonds. The quantitative estimate of drug-likeness (QED) is 0.861. The Kier molecular flexibility index (Phi) is 4.83. The predicted octanol–water partition coefficient (Wildman–Crippen LogP) is 4.06. The van der Waals surface area contributed by atoms with Crippen LogP contribution in [0, 0.1) is 0 Å². The van der Waals surface area contributed by atoms with E-state index in [1.165, 1.54) is 11.1 Å². The largest absolute Gasteiger partial charge is 0.383 e. The van der Waals surface area contributed by atoms with Crippen molar-refractivity contribution in [3.63, 3.8) is 0 Å². The van der Waals surface area contributed by atoms with Crippen LogP contribution >= 0.6 is 0 Å². The zero-order valence-electron chi connectivity index (χ0n) is 12.8. The molecular formula is C17H25N3. The van der Waals surface area contributed by atoms with Crippen LogP contribution in [0.15, 0.2) is 24.3 Å². The number of imidazole rings is 1. The number of rotatable bonds is 6. The van der Waals surface area contributed by atoms with E-state index in [1.54, 1.807) is 0 Å². The van der Waals surface area contributed by atoms with Gasteiger partial charge in [-0.15, -0.1) is 0 Å². The molecule has 0 saturated carbocycles. The van der Waals surface area contributed by atoms with Gasteiger partial charge in [0.05, 0.1) is 0 Å². The van der Waals surface area contributed by atoms with Crippen molar-refractivity contribution in [2.75, 3.05) is 5.73 Å². The maximum atomic E-state index is 6.38. The van der Waals surface area contributed by atoms with E-state index < -0.39 is 0 Å². The highest BCUT2D eigenvalue weighted by Crippen LogP contribution is 2.30. The molecule has 3 heteroatoms. The van der Waals surface area contributed by atoms with E-state index in [-0.39, 0.29) is 0 Å². The Bertz CT molecular complexity index is 570. The Morgan fingerprint density at radius 3 is 2.50 bits per heavy atom. The molecule has 0 fully saturated rings. The minimum Gasteiger partial charge on any atom is -0.383 e. The fourth-order valence-electron chi connectivity index (χ4n) is 2.66. The summed E-state index contributed by atoms with van der Waals surface area (Å²) in [7, 11) is 0. The number of aromatic nitrogens is 2. The molecule has 2 aromatic rings. The SMILES string of the molecule is CCCc1nc(-c2ccccc2CC)c(N)n1CCC. The molecule has 0 aliphatic heterocycles. The first-order valence-corrected chi connectivity index (χ1v) is 7.66. The van der Waals surface area contributed by atoms with E-state index in [0.717, 1.165) is 49.6 Å². The average Bonchev–Trinajstić information content (AvgIpc) is 2.77. The lowest BCUT2D eigenvalue weighted by molar-refractivity contribution is 0.637. The van der Waals surface area contributed by atoms with Crippen LogP contribution in [0.5, 0.6) is 0 Å². The van der Waals surface area contributed by atoms with Crippen molar-refractivity contribution in [3.8, 4) is 11.3 Å². The molecule has 0 atom stereocenters. The summed E-state index contributed by atoms with van der Waals surface area (Å²) < 4.78 is 2.19. The van der Waals surface area contributed by atoms with Gasteiger partial charge in [-0.1, -0.05) is 45.0 Å². The van der Waals surface area contributed by atoms with Gasteiger partial charge in [0.25, 0.3) is 0 Å². The number of hydrogen-bond acceptors (Lipinski definition) is 2. The Morgan fingerprint density at radius 2 is 1.85 bits per heavy atom. The van der Waals surface area contributed by atoms with Crippen molar-refractivity contribution < 1.29 is 0 Å². The molecule has 0 spiro atoms. The van der Waals surface area contributed by atoms with Gasteiger partial charge in [-0.25, -0.2) is 4.98 Å². The van der Waals surface area contributed by atoms with Crippen LogP contribution in [0.1, 0.15) is 45.0 Å². The molecule has 0 saturated heterocycles. The number of aryl methyl sites for hydroxylation is 2. The number of anilines is 1. The summed E-state index contributed by atoms with van der Waals surface area (Å²) in [5, 5.41) is 0. The van der Waals surface area contributed by atoms with Gasteiger partial charge < -0.3 is 10.3 Å². The monoisotopic (exact) mass is 271 g/mol. The topological polar surface area (TPSA) is 43.8 Å². The van der Waals surface area contributed by atoms with E-state index in [4.69, 9.17) is 10.7 Å². The van der Waals surface area contributed by atoms with Crippen molar-refractivity contribution in [1.29, 1.82) is 0 Å². The second-order valence-electron chi connectivity index (χ2n) is 5.17. The van der Waals surface area contributed by atoms with Gasteiger partial charge in [0, 0.05) is 18.5 Å². The molecule has 1 heterocycles. The summed E-state index contributed by atoms with van der Waals surface area (Å²) in [6, 6.07) is 8.43. The van der Waals surface area contributed by atoms with E-state index in [9.17, 15) is 0 Å². The van der Waals surface area contributed by atoms with Gasteiger partial charge in [0.1, 0.15) is 17.3 Å². The maximum absolute atomic E-state index is 6.38. The van der Waals surface area contributed by atoms with Gasteiger partial charge in [0.15, 0.2) is 0 Å². The minimum atomic E-state index is 0.816. The van der Waals surface area contributed by atoms with Crippen LogP contribution in [0.25, 0.3) is 11.3 Å². The summed E-state index contributed by atoms with van der Waals surface area (Å²) in [6.07, 6.45) is 4.15. The second-order valence-corrected chi connectivity index (χ2v) is 5.17. The first kappa shape index (κ1) is 14.6. The highest BCUT2D eigenvalue weighted by atomic mass is 15.1. The van der Waals surface area contributed by atoms with Crippen molar-refractivity contribution in [2.45, 2.75) is 53.0 Å². The average molecular weight is 271 g/mol. The Morgan fingerprint density at radius 1 is 1.10 bits per heavy atom. The molecule has 20 heavy (non-hydrogen) atoms. The van der Waals surface area contributed by atoms with Crippen LogP contribution < -0.4 is 5.73 Å². The van der Waals surface area contributed by atoms with E-state index in [1.807, 2.05) is 0 Å². The number of benzene rings is 1. The normalized spacial score (nSPS) is 10.9. The smallest absolute Gasteiger partial charge is 0.131 e. The Balaban J connectivity index is 2.54. The van der Waals surface area contributed by atoms with E-state index >= 15 is 0 Å². The lowest BCUT2D eigenvalue weighted by atomic mass is 10.0. The summed E-state index contributed by atoms with van der Waals surface area (Å²) in [6.45, 7) is 7.48. The Labute approximate surface area is 121 Å². The molecule has 0 radical (unpaired) electrons. The summed E-state index contributed by atoms with van der Waals surface area (Å²) in [4.78, 5) is 4.83. The number of nitrogens with zero attached hydrogens (tertiary/aromatic N) is 2. The number of hydrogen-bond donors (Lipinski definition) is 1. The van der Waals surface area contributed by atoms with Gasteiger partial charge in [-0.3, -0.25) is 0 Å². The number of nitrogen functional groups attached to an aromatic ring is 1. The van der Waals surface area contributed by atoms with Crippen LogP contribution in [0.4, 0.5) is 5.82 Å². The fraction of sp³-hybridized carbons (Fsp3) is 0.471. The molecular weight excluding hydrogens is 246 g/mol. The highest BCUT2D eigenvalue weighted by molar-refractivity contribution is 5.73. The molecule has 3 nitrogen and oxygen atoms in total. The first-order chi connectivity index (χ1) is 9.72. The van der Waals surface area contributed by atoms with E-state index in [0.29, 0.717) is 0 Å². The standard InChI is InChI=1S/C17H25N3/c1-4-9-15-19-16(17(18)20(15)12-5-2)14-11-8-7-10-13(14)6-3/h7-8,10-11H,4-6,9,12,18H2,1-3H3. The molecule has 2 rings (SSSR count). The number of nitrogens with two attached hydrogens (primary N) is 1. The minimum absolute atomic E-state index is 0.816. The van der Waals surface area contributed by atoms with Crippen molar-refractivity contribution in [2.24, 2.45) is 0 Å². The molecule has 1 aromatic carbocycles. The van der Waals surface area contributed by atoms with Crippen LogP contribution in [-0.2, 0) is 19.4 Å². The molecule has 0 bridgehead atoms. The van der Waals surface area contributed by atoms with Gasteiger partial charge in [0.2, 0.25) is 0 Å².